The van der Waals surface area contributed by atoms with Gasteiger partial charge in [-0.15, -0.1) is 0 Å². The highest BCUT2D eigenvalue weighted by Crippen LogP contribution is 2.29. The van der Waals surface area contributed by atoms with Crippen molar-refractivity contribution in [2.75, 3.05) is 30.3 Å². The van der Waals surface area contributed by atoms with Gasteiger partial charge in [0.05, 0.1) is 15.9 Å². The molecule has 7 nitrogen and oxygen atoms in total. The Labute approximate surface area is 184 Å². The second-order valence-corrected chi connectivity index (χ2v) is 10.2. The van der Waals surface area contributed by atoms with Crippen molar-refractivity contribution >= 4 is 32.7 Å². The fourth-order valence-electron chi connectivity index (χ4n) is 3.16. The topological polar surface area (TPSA) is 93.2 Å². The molecule has 0 aliphatic rings. The van der Waals surface area contributed by atoms with Crippen LogP contribution in [0.25, 0.3) is 11.0 Å². The quantitative estimate of drug-likeness (QED) is 0.500. The molecule has 0 saturated carbocycles. The molecular weight excluding hydrogens is 412 g/mol. The zero-order valence-corrected chi connectivity index (χ0v) is 19.5. The highest BCUT2D eigenvalue weighted by atomic mass is 32.2. The summed E-state index contributed by atoms with van der Waals surface area (Å²) in [6, 6.07) is 12.9. The third kappa shape index (κ3) is 5.51. The number of anilines is 2. The third-order valence-corrected chi connectivity index (χ3v) is 6.44. The van der Waals surface area contributed by atoms with Gasteiger partial charge in [-0.25, -0.2) is 18.4 Å². The summed E-state index contributed by atoms with van der Waals surface area (Å²) in [6.07, 6.45) is 0.754. The van der Waals surface area contributed by atoms with Crippen LogP contribution in [0.3, 0.4) is 0 Å². The number of nitrogens with zero attached hydrogens (tertiary/aromatic N) is 2. The maximum atomic E-state index is 13.3. The van der Waals surface area contributed by atoms with Gasteiger partial charge in [-0.05, 0) is 48.1 Å². The van der Waals surface area contributed by atoms with Crippen molar-refractivity contribution in [2.24, 2.45) is 0 Å². The molecule has 1 aromatic heterocycles. The lowest BCUT2D eigenvalue weighted by Gasteiger charge is -2.21. The monoisotopic (exact) mass is 442 g/mol. The first-order valence-corrected chi connectivity index (χ1v) is 11.7. The van der Waals surface area contributed by atoms with Crippen molar-refractivity contribution < 1.29 is 13.2 Å². The van der Waals surface area contributed by atoms with Crippen LogP contribution < -0.4 is 10.0 Å². The van der Waals surface area contributed by atoms with Gasteiger partial charge in [0.1, 0.15) is 0 Å². The Morgan fingerprint density at radius 1 is 1.00 bits per heavy atom. The van der Waals surface area contributed by atoms with E-state index in [0.29, 0.717) is 35.6 Å². The molecule has 1 heterocycles. The molecule has 0 bridgehead atoms. The molecule has 166 valence electrons. The van der Waals surface area contributed by atoms with Crippen molar-refractivity contribution in [2.45, 2.75) is 44.4 Å². The molecule has 2 aromatic carbocycles. The van der Waals surface area contributed by atoms with Crippen molar-refractivity contribution in [1.29, 1.82) is 0 Å². The smallest absolute Gasteiger partial charge is 0.263 e. The molecule has 3 aromatic rings. The van der Waals surface area contributed by atoms with Gasteiger partial charge in [-0.1, -0.05) is 45.0 Å². The summed E-state index contributed by atoms with van der Waals surface area (Å²) in [5.41, 5.74) is 2.74. The second-order valence-electron chi connectivity index (χ2n) is 8.52. The SMILES string of the molecule is COCCCNc1nc2ccccc2nc1NS(=O)(=O)c1cc(C(C)(C)C)ccc1C. The molecule has 0 amide bonds. The molecule has 0 saturated heterocycles. The number of hydrogen-bond donors (Lipinski definition) is 2. The third-order valence-electron chi connectivity index (χ3n) is 4.96. The van der Waals surface area contributed by atoms with Gasteiger partial charge in [-0.3, -0.25) is 4.72 Å². The number of sulfonamides is 1. The van der Waals surface area contributed by atoms with E-state index in [1.54, 1.807) is 26.2 Å². The van der Waals surface area contributed by atoms with Crippen LogP contribution in [-0.4, -0.2) is 38.6 Å². The fraction of sp³-hybridized carbons (Fsp3) is 0.391. The summed E-state index contributed by atoms with van der Waals surface area (Å²) in [5, 5.41) is 3.18. The van der Waals surface area contributed by atoms with Crippen LogP contribution in [0.4, 0.5) is 11.6 Å². The summed E-state index contributed by atoms with van der Waals surface area (Å²) in [4.78, 5) is 9.36. The van der Waals surface area contributed by atoms with Gasteiger partial charge in [0.15, 0.2) is 11.6 Å². The van der Waals surface area contributed by atoms with E-state index in [1.807, 2.05) is 30.3 Å². The summed E-state index contributed by atoms with van der Waals surface area (Å²) in [5.74, 6) is 0.569. The number of aryl methyl sites for hydroxylation is 1. The van der Waals surface area contributed by atoms with Gasteiger partial charge in [0.25, 0.3) is 10.0 Å². The maximum absolute atomic E-state index is 13.3. The van der Waals surface area contributed by atoms with Gasteiger partial charge in [0, 0.05) is 20.3 Å². The Bertz CT molecular complexity index is 1170. The van der Waals surface area contributed by atoms with Crippen LogP contribution in [0.2, 0.25) is 0 Å². The summed E-state index contributed by atoms with van der Waals surface area (Å²) < 4.78 is 34.4. The van der Waals surface area contributed by atoms with Gasteiger partial charge < -0.3 is 10.1 Å². The van der Waals surface area contributed by atoms with Crippen molar-refractivity contribution in [1.82, 2.24) is 9.97 Å². The molecule has 8 heteroatoms. The van der Waals surface area contributed by atoms with Gasteiger partial charge >= 0.3 is 0 Å². The van der Waals surface area contributed by atoms with E-state index < -0.39 is 10.0 Å². The Kier molecular flexibility index (Phi) is 6.81. The molecule has 0 aliphatic heterocycles. The summed E-state index contributed by atoms with van der Waals surface area (Å²) in [7, 11) is -2.23. The largest absolute Gasteiger partial charge is 0.385 e. The minimum Gasteiger partial charge on any atom is -0.385 e. The van der Waals surface area contributed by atoms with Crippen LogP contribution in [0, 0.1) is 6.92 Å². The summed E-state index contributed by atoms with van der Waals surface area (Å²) >= 11 is 0. The standard InChI is InChI=1S/C23H30N4O3S/c1-16-11-12-17(23(2,3)4)15-20(16)31(28,29)27-22-21(24-13-8-14-30-5)25-18-9-6-7-10-19(18)26-22/h6-7,9-12,15H,8,13-14H2,1-5H3,(H,24,25)(H,26,27). The number of methoxy groups -OCH3 is 1. The lowest BCUT2D eigenvalue weighted by Crippen LogP contribution is -2.19. The van der Waals surface area contributed by atoms with E-state index in [0.717, 1.165) is 12.0 Å². The molecule has 0 fully saturated rings. The molecule has 3 rings (SSSR count). The predicted molar refractivity (Wildman–Crippen MR) is 125 cm³/mol. The molecule has 0 aliphatic carbocycles. The predicted octanol–water partition coefficient (Wildman–Crippen LogP) is 4.48. The van der Waals surface area contributed by atoms with Crippen molar-refractivity contribution in [3.63, 3.8) is 0 Å². The van der Waals surface area contributed by atoms with Gasteiger partial charge in [0.2, 0.25) is 0 Å². The Morgan fingerprint density at radius 2 is 1.65 bits per heavy atom. The number of rotatable bonds is 8. The number of nitrogens with one attached hydrogen (secondary N) is 2. The first kappa shape index (κ1) is 23.0. The number of benzene rings is 2. The van der Waals surface area contributed by atoms with Crippen molar-refractivity contribution in [3.8, 4) is 0 Å². The van der Waals surface area contributed by atoms with Crippen LogP contribution in [-0.2, 0) is 20.2 Å². The Balaban J connectivity index is 2.01. The van der Waals surface area contributed by atoms with E-state index in [4.69, 9.17) is 4.74 Å². The normalized spacial score (nSPS) is 12.2. The number of aromatic nitrogens is 2. The minimum absolute atomic E-state index is 0.172. The first-order valence-electron chi connectivity index (χ1n) is 10.3. The Morgan fingerprint density at radius 3 is 2.26 bits per heavy atom. The number of para-hydroxylation sites is 2. The molecule has 0 atom stereocenters. The van der Waals surface area contributed by atoms with E-state index in [9.17, 15) is 8.42 Å². The van der Waals surface area contributed by atoms with Gasteiger partial charge in [-0.2, -0.15) is 0 Å². The zero-order chi connectivity index (χ0) is 22.6. The highest BCUT2D eigenvalue weighted by molar-refractivity contribution is 7.92. The molecular formula is C23H30N4O3S. The number of hydrogen-bond acceptors (Lipinski definition) is 6. The summed E-state index contributed by atoms with van der Waals surface area (Å²) in [6.45, 7) is 9.12. The van der Waals surface area contributed by atoms with E-state index in [1.165, 1.54) is 0 Å². The average molecular weight is 443 g/mol. The zero-order valence-electron chi connectivity index (χ0n) is 18.7. The van der Waals surface area contributed by atoms with Crippen LogP contribution in [0.5, 0.6) is 0 Å². The molecule has 0 unspecified atom stereocenters. The maximum Gasteiger partial charge on any atom is 0.263 e. The van der Waals surface area contributed by atoms with Crippen molar-refractivity contribution in [3.05, 3.63) is 53.6 Å². The lowest BCUT2D eigenvalue weighted by molar-refractivity contribution is 0.198. The molecule has 2 N–H and O–H groups in total. The number of ether oxygens (including phenoxy) is 1. The van der Waals surface area contributed by atoms with Crippen LogP contribution in [0.15, 0.2) is 47.4 Å². The Hall–Kier alpha value is -2.71. The average Bonchev–Trinajstić information content (AvgIpc) is 2.70. The van der Waals surface area contributed by atoms with E-state index in [2.05, 4.69) is 40.8 Å². The number of fused-ring (bicyclic) bond motifs is 1. The molecule has 31 heavy (non-hydrogen) atoms. The highest BCUT2D eigenvalue weighted by Gasteiger charge is 2.23. The fourth-order valence-corrected chi connectivity index (χ4v) is 4.44. The van der Waals surface area contributed by atoms with E-state index >= 15 is 0 Å². The van der Waals surface area contributed by atoms with E-state index in [-0.39, 0.29) is 16.1 Å². The lowest BCUT2D eigenvalue weighted by atomic mass is 9.87. The minimum atomic E-state index is -3.87. The first-order chi connectivity index (χ1) is 14.6. The molecule has 0 spiro atoms. The molecule has 0 radical (unpaired) electrons. The van der Waals surface area contributed by atoms with Crippen LogP contribution in [0.1, 0.15) is 38.3 Å². The second kappa shape index (κ2) is 9.20. The van der Waals surface area contributed by atoms with Crippen LogP contribution >= 0.6 is 0 Å².